The molecule has 0 bridgehead atoms. The van der Waals surface area contributed by atoms with Crippen LogP contribution in [-0.4, -0.2) is 16.4 Å². The van der Waals surface area contributed by atoms with E-state index in [0.29, 0.717) is 11.3 Å². The number of carbonyl (C=O) groups excluding carboxylic acids is 1. The average molecular weight is 309 g/mol. The number of nitriles is 1. The molecule has 118 valence electrons. The zero-order valence-corrected chi connectivity index (χ0v) is 13.0. The van der Waals surface area contributed by atoms with E-state index in [1.807, 2.05) is 6.07 Å². The lowest BCUT2D eigenvalue weighted by Crippen LogP contribution is -2.35. The molecule has 1 aromatic carbocycles. The Morgan fingerprint density at radius 1 is 1.43 bits per heavy atom. The fraction of sp³-hybridized carbons (Fsp3) is 0.235. The minimum absolute atomic E-state index is 0.396. The third-order valence-corrected chi connectivity index (χ3v) is 3.52. The number of unbranched alkanes of at least 4 members (excludes halogenated alkanes) is 1. The molecule has 2 aromatic rings. The van der Waals surface area contributed by atoms with Crippen LogP contribution in [0.1, 0.15) is 41.4 Å². The Morgan fingerprint density at radius 3 is 2.87 bits per heavy atom. The Labute approximate surface area is 135 Å². The smallest absolute Gasteiger partial charge is 0.258 e. The largest absolute Gasteiger partial charge is 0.370 e. The van der Waals surface area contributed by atoms with Gasteiger partial charge < -0.3 is 10.3 Å². The summed E-state index contributed by atoms with van der Waals surface area (Å²) < 4.78 is 1.77. The number of carbonyl (C=O) groups is 1. The van der Waals surface area contributed by atoms with Gasteiger partial charge >= 0.3 is 0 Å². The van der Waals surface area contributed by atoms with Gasteiger partial charge in [0, 0.05) is 11.8 Å². The first-order valence-electron chi connectivity index (χ1n) is 7.43. The van der Waals surface area contributed by atoms with Crippen LogP contribution in [0.2, 0.25) is 0 Å². The van der Waals surface area contributed by atoms with Gasteiger partial charge in [-0.25, -0.2) is 0 Å². The summed E-state index contributed by atoms with van der Waals surface area (Å²) in [7, 11) is 0. The number of rotatable bonds is 5. The molecule has 6 nitrogen and oxygen atoms in total. The van der Waals surface area contributed by atoms with E-state index in [4.69, 9.17) is 11.1 Å². The van der Waals surface area contributed by atoms with Crippen LogP contribution in [0.4, 0.5) is 0 Å². The molecule has 0 aliphatic rings. The van der Waals surface area contributed by atoms with E-state index in [0.717, 1.165) is 30.5 Å². The number of hydrogen-bond acceptors (Lipinski definition) is 3. The number of nitrogens with zero attached hydrogens (tertiary/aromatic N) is 2. The van der Waals surface area contributed by atoms with Crippen molar-refractivity contribution in [2.75, 3.05) is 0 Å². The molecule has 4 N–H and O–H groups in total. The Balaban J connectivity index is 2.49. The van der Waals surface area contributed by atoms with E-state index < -0.39 is 11.9 Å². The molecule has 0 unspecified atom stereocenters. The van der Waals surface area contributed by atoms with Crippen molar-refractivity contribution in [3.05, 3.63) is 53.3 Å². The monoisotopic (exact) mass is 309 g/mol. The molecule has 6 heteroatoms. The predicted octanol–water partition coefficient (Wildman–Crippen LogP) is 2.31. The molecule has 0 fully saturated rings. The number of hydrogen-bond donors (Lipinski definition) is 3. The van der Waals surface area contributed by atoms with E-state index in [2.05, 4.69) is 18.3 Å². The number of guanidine groups is 1. The highest BCUT2D eigenvalue weighted by atomic mass is 16.1. The Hall–Kier alpha value is -3.07. The van der Waals surface area contributed by atoms with Gasteiger partial charge in [0.15, 0.2) is 5.96 Å². The molecule has 0 saturated heterocycles. The van der Waals surface area contributed by atoms with Gasteiger partial charge in [-0.1, -0.05) is 19.4 Å². The van der Waals surface area contributed by atoms with Gasteiger partial charge in [0.05, 0.1) is 5.69 Å². The molecule has 2 rings (SSSR count). The van der Waals surface area contributed by atoms with Crippen LogP contribution in [0.25, 0.3) is 5.69 Å². The summed E-state index contributed by atoms with van der Waals surface area (Å²) in [6.45, 7) is 2.12. The van der Waals surface area contributed by atoms with Crippen molar-refractivity contribution >= 4 is 11.9 Å². The maximum atomic E-state index is 12.1. The molecule has 0 atom stereocenters. The van der Waals surface area contributed by atoms with Gasteiger partial charge in [0.1, 0.15) is 11.8 Å². The Bertz CT molecular complexity index is 770. The molecule has 0 radical (unpaired) electrons. The summed E-state index contributed by atoms with van der Waals surface area (Å²) in [6, 6.07) is 11.0. The van der Waals surface area contributed by atoms with Gasteiger partial charge in [-0.3, -0.25) is 15.5 Å². The van der Waals surface area contributed by atoms with Crippen LogP contribution in [0, 0.1) is 16.7 Å². The summed E-state index contributed by atoms with van der Waals surface area (Å²) in [5.41, 5.74) is 7.98. The Kier molecular flexibility index (Phi) is 5.15. The van der Waals surface area contributed by atoms with Crippen LogP contribution >= 0.6 is 0 Å². The SMILES string of the molecule is CCCCc1ccc(C(=O)NC(=N)N)cc1-n1cccc1C#N. The molecule has 0 spiro atoms. The van der Waals surface area contributed by atoms with Crippen molar-refractivity contribution in [2.24, 2.45) is 5.73 Å². The maximum Gasteiger partial charge on any atom is 0.258 e. The third kappa shape index (κ3) is 3.77. The van der Waals surface area contributed by atoms with Crippen LogP contribution in [0.5, 0.6) is 0 Å². The molecule has 1 heterocycles. The molecular weight excluding hydrogens is 290 g/mol. The van der Waals surface area contributed by atoms with Crippen LogP contribution < -0.4 is 11.1 Å². The van der Waals surface area contributed by atoms with Crippen LogP contribution in [-0.2, 0) is 6.42 Å². The molecule has 0 aliphatic heterocycles. The summed E-state index contributed by atoms with van der Waals surface area (Å²) in [5.74, 6) is -0.836. The summed E-state index contributed by atoms with van der Waals surface area (Å²) >= 11 is 0. The standard InChI is InChI=1S/C17H19N5O/c1-2-3-5-12-7-8-13(16(23)21-17(19)20)10-15(12)22-9-4-6-14(22)11-18/h4,6-10H,2-3,5H2,1H3,(H4,19,20,21,23). The highest BCUT2D eigenvalue weighted by molar-refractivity contribution is 6.04. The van der Waals surface area contributed by atoms with Crippen molar-refractivity contribution < 1.29 is 4.79 Å². The van der Waals surface area contributed by atoms with E-state index in [-0.39, 0.29) is 0 Å². The van der Waals surface area contributed by atoms with Crippen molar-refractivity contribution in [3.63, 3.8) is 0 Å². The molecule has 0 saturated carbocycles. The number of benzene rings is 1. The Morgan fingerprint density at radius 2 is 2.22 bits per heavy atom. The minimum Gasteiger partial charge on any atom is -0.370 e. The lowest BCUT2D eigenvalue weighted by Gasteiger charge is -2.14. The molecule has 23 heavy (non-hydrogen) atoms. The second-order valence-corrected chi connectivity index (χ2v) is 5.19. The highest BCUT2D eigenvalue weighted by Crippen LogP contribution is 2.21. The van der Waals surface area contributed by atoms with Crippen LogP contribution in [0.15, 0.2) is 36.5 Å². The number of aromatic nitrogens is 1. The molecule has 1 amide bonds. The van der Waals surface area contributed by atoms with Gasteiger partial charge in [0.25, 0.3) is 5.91 Å². The second kappa shape index (κ2) is 7.27. The molecular formula is C17H19N5O. The topological polar surface area (TPSA) is 108 Å². The molecule has 1 aromatic heterocycles. The normalized spacial score (nSPS) is 10.1. The average Bonchev–Trinajstić information content (AvgIpc) is 3.00. The zero-order chi connectivity index (χ0) is 16.8. The van der Waals surface area contributed by atoms with Crippen molar-refractivity contribution in [1.29, 1.82) is 10.7 Å². The number of nitrogens with one attached hydrogen (secondary N) is 2. The lowest BCUT2D eigenvalue weighted by molar-refractivity contribution is 0.0976. The first-order valence-corrected chi connectivity index (χ1v) is 7.43. The number of aryl methyl sites for hydroxylation is 1. The predicted molar refractivity (Wildman–Crippen MR) is 88.5 cm³/mol. The second-order valence-electron chi connectivity index (χ2n) is 5.19. The zero-order valence-electron chi connectivity index (χ0n) is 13.0. The fourth-order valence-electron chi connectivity index (χ4n) is 2.38. The van der Waals surface area contributed by atoms with Gasteiger partial charge in [-0.15, -0.1) is 0 Å². The maximum absolute atomic E-state index is 12.1. The lowest BCUT2D eigenvalue weighted by atomic mass is 10.0. The number of nitrogens with two attached hydrogens (primary N) is 1. The summed E-state index contributed by atoms with van der Waals surface area (Å²) in [4.78, 5) is 12.1. The highest BCUT2D eigenvalue weighted by Gasteiger charge is 2.13. The van der Waals surface area contributed by atoms with E-state index in [1.54, 1.807) is 35.0 Å². The number of amides is 1. The van der Waals surface area contributed by atoms with E-state index in [1.165, 1.54) is 0 Å². The third-order valence-electron chi connectivity index (χ3n) is 3.52. The summed E-state index contributed by atoms with van der Waals surface area (Å²) in [6.07, 6.45) is 4.75. The van der Waals surface area contributed by atoms with Crippen molar-refractivity contribution in [1.82, 2.24) is 9.88 Å². The van der Waals surface area contributed by atoms with Gasteiger partial charge in [-0.05, 0) is 42.7 Å². The van der Waals surface area contributed by atoms with Gasteiger partial charge in [-0.2, -0.15) is 5.26 Å². The van der Waals surface area contributed by atoms with Crippen molar-refractivity contribution in [2.45, 2.75) is 26.2 Å². The quantitative estimate of drug-likeness (QED) is 0.582. The van der Waals surface area contributed by atoms with E-state index in [9.17, 15) is 10.1 Å². The van der Waals surface area contributed by atoms with Gasteiger partial charge in [0.2, 0.25) is 0 Å². The minimum atomic E-state index is -0.438. The summed E-state index contributed by atoms with van der Waals surface area (Å²) in [5, 5.41) is 18.7. The van der Waals surface area contributed by atoms with E-state index >= 15 is 0 Å². The molecule has 0 aliphatic carbocycles. The first-order chi connectivity index (χ1) is 11.1. The fourth-order valence-corrected chi connectivity index (χ4v) is 2.38. The van der Waals surface area contributed by atoms with Crippen molar-refractivity contribution in [3.8, 4) is 11.8 Å². The van der Waals surface area contributed by atoms with Crippen LogP contribution in [0.3, 0.4) is 0 Å². The first kappa shape index (κ1) is 16.3.